The molecule has 0 saturated carbocycles. The minimum atomic E-state index is -3.96. The molecule has 0 spiro atoms. The van der Waals surface area contributed by atoms with E-state index in [0.29, 0.717) is 21.3 Å². The van der Waals surface area contributed by atoms with Crippen LogP contribution in [0.4, 0.5) is 0 Å². The molecule has 0 fully saturated rings. The van der Waals surface area contributed by atoms with Crippen molar-refractivity contribution >= 4 is 42.0 Å². The molecule has 0 heterocycles. The largest absolute Gasteiger partial charge is 0.490 e. The highest BCUT2D eigenvalue weighted by Crippen LogP contribution is 2.32. The summed E-state index contributed by atoms with van der Waals surface area (Å²) in [5.74, 6) is 0.543. The molecule has 0 N–H and O–H groups in total. The van der Waals surface area contributed by atoms with E-state index >= 15 is 0 Å². The molecule has 0 aliphatic carbocycles. The molecule has 2 aromatic carbocycles. The van der Waals surface area contributed by atoms with Crippen molar-refractivity contribution in [2.45, 2.75) is 11.8 Å². The fraction of sp³-hybridized carbons (Fsp3) is 0.143. The smallest absolute Gasteiger partial charge is 0.340 e. The number of benzene rings is 2. The van der Waals surface area contributed by atoms with Crippen LogP contribution in [0, 0.1) is 0 Å². The topological polar surface area (TPSA) is 52.6 Å². The Morgan fingerprint density at radius 1 is 1.05 bits per heavy atom. The lowest BCUT2D eigenvalue weighted by Gasteiger charge is -2.12. The van der Waals surface area contributed by atoms with E-state index in [1.807, 2.05) is 6.92 Å². The number of rotatable bonds is 5. The summed E-state index contributed by atoms with van der Waals surface area (Å²) in [6, 6.07) is 11.5. The van der Waals surface area contributed by atoms with Crippen LogP contribution in [-0.2, 0) is 10.1 Å². The lowest BCUT2D eigenvalue weighted by Crippen LogP contribution is -2.11. The maximum Gasteiger partial charge on any atom is 0.340 e. The number of para-hydroxylation sites is 2. The van der Waals surface area contributed by atoms with Crippen LogP contribution in [0.2, 0.25) is 0 Å². The Hall–Kier alpha value is -1.05. The van der Waals surface area contributed by atoms with E-state index in [0.717, 1.165) is 0 Å². The molecule has 2 aromatic rings. The molecule has 2 rings (SSSR count). The highest BCUT2D eigenvalue weighted by atomic mass is 79.9. The minimum absolute atomic E-state index is 0.0446. The second kappa shape index (κ2) is 6.81. The van der Waals surface area contributed by atoms with Gasteiger partial charge in [0.25, 0.3) is 0 Å². The molecule has 0 aliphatic heterocycles. The predicted molar refractivity (Wildman–Crippen MR) is 87.3 cm³/mol. The van der Waals surface area contributed by atoms with Crippen molar-refractivity contribution in [2.24, 2.45) is 0 Å². The van der Waals surface area contributed by atoms with Gasteiger partial charge >= 0.3 is 10.1 Å². The van der Waals surface area contributed by atoms with Gasteiger partial charge in [-0.3, -0.25) is 0 Å². The summed E-state index contributed by atoms with van der Waals surface area (Å²) < 4.78 is 36.4. The van der Waals surface area contributed by atoms with Gasteiger partial charge in [0.05, 0.1) is 6.61 Å². The van der Waals surface area contributed by atoms with Crippen molar-refractivity contribution in [3.05, 3.63) is 51.4 Å². The fourth-order valence-electron chi connectivity index (χ4n) is 1.63. The fourth-order valence-corrected chi connectivity index (χ4v) is 4.02. The van der Waals surface area contributed by atoms with Crippen molar-refractivity contribution in [3.63, 3.8) is 0 Å². The van der Waals surface area contributed by atoms with Gasteiger partial charge in [0.1, 0.15) is 4.90 Å². The zero-order valence-corrected chi connectivity index (χ0v) is 15.0. The van der Waals surface area contributed by atoms with Gasteiger partial charge < -0.3 is 8.92 Å². The first-order chi connectivity index (χ1) is 9.94. The Labute approximate surface area is 140 Å². The third-order valence-corrected chi connectivity index (χ3v) is 5.23. The van der Waals surface area contributed by atoms with E-state index in [4.69, 9.17) is 8.92 Å². The monoisotopic (exact) mass is 434 g/mol. The maximum absolute atomic E-state index is 12.4. The average Bonchev–Trinajstić information content (AvgIpc) is 2.43. The molecule has 0 bridgehead atoms. The van der Waals surface area contributed by atoms with E-state index in [-0.39, 0.29) is 10.6 Å². The minimum Gasteiger partial charge on any atom is -0.490 e. The summed E-state index contributed by atoms with van der Waals surface area (Å²) in [5, 5.41) is 0. The third-order valence-electron chi connectivity index (χ3n) is 2.51. The second-order valence-corrected chi connectivity index (χ2v) is 7.28. The second-order valence-electron chi connectivity index (χ2n) is 3.99. The summed E-state index contributed by atoms with van der Waals surface area (Å²) in [6.07, 6.45) is 0. The van der Waals surface area contributed by atoms with Crippen LogP contribution in [0.15, 0.2) is 56.3 Å². The molecule has 7 heteroatoms. The molecular formula is C14H12Br2O4S. The molecule has 0 atom stereocenters. The van der Waals surface area contributed by atoms with Gasteiger partial charge in [-0.2, -0.15) is 8.42 Å². The molecule has 21 heavy (non-hydrogen) atoms. The van der Waals surface area contributed by atoms with Crippen LogP contribution in [0.25, 0.3) is 0 Å². The van der Waals surface area contributed by atoms with Gasteiger partial charge in [0.15, 0.2) is 11.5 Å². The summed E-state index contributed by atoms with van der Waals surface area (Å²) in [6.45, 7) is 2.23. The van der Waals surface area contributed by atoms with Crippen LogP contribution < -0.4 is 8.92 Å². The predicted octanol–water partition coefficient (Wildman–Crippen LogP) is 4.38. The van der Waals surface area contributed by atoms with E-state index < -0.39 is 10.1 Å². The number of hydrogen-bond donors (Lipinski definition) is 0. The van der Waals surface area contributed by atoms with Crippen LogP contribution in [-0.4, -0.2) is 15.0 Å². The van der Waals surface area contributed by atoms with Gasteiger partial charge in [-0.05, 0) is 53.2 Å². The van der Waals surface area contributed by atoms with E-state index in [1.54, 1.807) is 36.4 Å². The van der Waals surface area contributed by atoms with Crippen molar-refractivity contribution in [2.75, 3.05) is 6.61 Å². The molecule has 0 radical (unpaired) electrons. The number of ether oxygens (including phenoxy) is 1. The Kier molecular flexibility index (Phi) is 5.29. The summed E-state index contributed by atoms with van der Waals surface area (Å²) in [4.78, 5) is 0.0446. The molecule has 0 aliphatic rings. The molecule has 4 nitrogen and oxygen atoms in total. The molecule has 0 unspecified atom stereocenters. The van der Waals surface area contributed by atoms with Crippen molar-refractivity contribution in [1.29, 1.82) is 0 Å². The Morgan fingerprint density at radius 2 is 1.71 bits per heavy atom. The number of hydrogen-bond acceptors (Lipinski definition) is 4. The van der Waals surface area contributed by atoms with Crippen LogP contribution >= 0.6 is 31.9 Å². The zero-order chi connectivity index (χ0) is 15.5. The van der Waals surface area contributed by atoms with Crippen molar-refractivity contribution in [3.8, 4) is 11.5 Å². The number of halogens is 2. The Bertz CT molecular complexity index is 744. The molecule has 112 valence electrons. The highest BCUT2D eigenvalue weighted by molar-refractivity contribution is 9.11. The third kappa shape index (κ3) is 3.99. The molecule has 0 amide bonds. The quantitative estimate of drug-likeness (QED) is 0.654. The lowest BCUT2D eigenvalue weighted by atomic mass is 10.3. The van der Waals surface area contributed by atoms with Gasteiger partial charge in [0.2, 0.25) is 0 Å². The van der Waals surface area contributed by atoms with Crippen LogP contribution in [0.5, 0.6) is 11.5 Å². The van der Waals surface area contributed by atoms with Crippen molar-refractivity contribution < 1.29 is 17.3 Å². The molecular weight excluding hydrogens is 424 g/mol. The first-order valence-electron chi connectivity index (χ1n) is 6.05. The highest BCUT2D eigenvalue weighted by Gasteiger charge is 2.22. The standard InChI is InChI=1S/C14H12Br2O4S/c1-2-19-12-5-3-4-6-13(12)20-21(17,18)14-9-10(15)7-8-11(14)16/h3-9H,2H2,1H3. The Balaban J connectivity index is 2.40. The lowest BCUT2D eigenvalue weighted by molar-refractivity contribution is 0.327. The van der Waals surface area contributed by atoms with Crippen LogP contribution in [0.3, 0.4) is 0 Å². The first kappa shape index (κ1) is 16.3. The first-order valence-corrected chi connectivity index (χ1v) is 9.05. The zero-order valence-electron chi connectivity index (χ0n) is 11.0. The van der Waals surface area contributed by atoms with Gasteiger partial charge in [-0.1, -0.05) is 28.1 Å². The van der Waals surface area contributed by atoms with Crippen molar-refractivity contribution in [1.82, 2.24) is 0 Å². The van der Waals surface area contributed by atoms with Gasteiger partial charge in [-0.15, -0.1) is 0 Å². The van der Waals surface area contributed by atoms with Gasteiger partial charge in [0, 0.05) is 8.95 Å². The Morgan fingerprint density at radius 3 is 2.38 bits per heavy atom. The molecule has 0 saturated heterocycles. The summed E-state index contributed by atoms with van der Waals surface area (Å²) in [5.41, 5.74) is 0. The molecule has 0 aromatic heterocycles. The van der Waals surface area contributed by atoms with E-state index in [2.05, 4.69) is 31.9 Å². The van der Waals surface area contributed by atoms with E-state index in [9.17, 15) is 8.42 Å². The van der Waals surface area contributed by atoms with E-state index in [1.165, 1.54) is 6.07 Å². The average molecular weight is 436 g/mol. The summed E-state index contributed by atoms with van der Waals surface area (Å²) >= 11 is 6.47. The summed E-state index contributed by atoms with van der Waals surface area (Å²) in [7, 11) is -3.96. The SMILES string of the molecule is CCOc1ccccc1OS(=O)(=O)c1cc(Br)ccc1Br. The maximum atomic E-state index is 12.4. The van der Waals surface area contributed by atoms with Gasteiger partial charge in [-0.25, -0.2) is 0 Å². The van der Waals surface area contributed by atoms with Crippen LogP contribution in [0.1, 0.15) is 6.92 Å². The normalized spacial score (nSPS) is 11.2.